The number of thioether (sulfide) groups is 1. The molecular formula is C20H16FN5O2S. The molecular weight excluding hydrogens is 393 g/mol. The summed E-state index contributed by atoms with van der Waals surface area (Å²) in [4.78, 5) is 29.9. The molecule has 2 aromatic carbocycles. The van der Waals surface area contributed by atoms with Gasteiger partial charge in [-0.1, -0.05) is 23.9 Å². The number of halogens is 1. The van der Waals surface area contributed by atoms with Crippen molar-refractivity contribution < 1.29 is 9.18 Å². The molecule has 1 amide bonds. The number of hydrogen-bond acceptors (Lipinski definition) is 5. The molecule has 2 N–H and O–H groups in total. The van der Waals surface area contributed by atoms with Crippen LogP contribution in [0.4, 0.5) is 10.2 Å². The number of aryl methyl sites for hydroxylation is 1. The number of nitrogens with zero attached hydrogens (tertiary/aromatic N) is 3. The van der Waals surface area contributed by atoms with Crippen LogP contribution in [0.25, 0.3) is 16.6 Å². The number of aromatic nitrogens is 4. The zero-order valence-electron chi connectivity index (χ0n) is 15.3. The van der Waals surface area contributed by atoms with E-state index in [0.29, 0.717) is 27.6 Å². The fourth-order valence-corrected chi connectivity index (χ4v) is 3.63. The third kappa shape index (κ3) is 4.04. The number of H-pyrrole nitrogens is 1. The number of anilines is 1. The van der Waals surface area contributed by atoms with Crippen LogP contribution < -0.4 is 10.9 Å². The van der Waals surface area contributed by atoms with Gasteiger partial charge in [0.1, 0.15) is 5.82 Å². The Hall–Kier alpha value is -3.46. The average Bonchev–Trinajstić information content (AvgIpc) is 3.12. The van der Waals surface area contributed by atoms with Crippen LogP contribution in [0.5, 0.6) is 0 Å². The maximum absolute atomic E-state index is 13.3. The van der Waals surface area contributed by atoms with Crippen molar-refractivity contribution in [3.63, 3.8) is 0 Å². The maximum atomic E-state index is 13.3. The molecule has 4 rings (SSSR count). The van der Waals surface area contributed by atoms with E-state index in [-0.39, 0.29) is 17.2 Å². The van der Waals surface area contributed by atoms with Crippen LogP contribution in [0.3, 0.4) is 0 Å². The third-order valence-corrected chi connectivity index (χ3v) is 5.07. The lowest BCUT2D eigenvalue weighted by Gasteiger charge is -2.13. The standard InChI is InChI=1S/C20H16FN5O2S/c1-12-10-17(25-24-12)23-18(27)11-29-20-22-16-5-3-2-4-15(16)19(28)26(20)14-8-6-13(21)7-9-14/h2-10H,11H2,1H3,(H2,23,24,25,27). The molecule has 4 aromatic rings. The van der Waals surface area contributed by atoms with Crippen LogP contribution in [0.2, 0.25) is 0 Å². The van der Waals surface area contributed by atoms with E-state index < -0.39 is 5.82 Å². The lowest BCUT2D eigenvalue weighted by atomic mass is 10.2. The van der Waals surface area contributed by atoms with Crippen LogP contribution in [0.1, 0.15) is 5.69 Å². The Morgan fingerprint density at radius 3 is 2.69 bits per heavy atom. The smallest absolute Gasteiger partial charge is 0.266 e. The number of benzene rings is 2. The van der Waals surface area contributed by atoms with Crippen molar-refractivity contribution in [1.82, 2.24) is 19.7 Å². The minimum atomic E-state index is -0.404. The van der Waals surface area contributed by atoms with Gasteiger partial charge >= 0.3 is 0 Å². The van der Waals surface area contributed by atoms with E-state index in [1.54, 1.807) is 30.3 Å². The molecule has 9 heteroatoms. The summed E-state index contributed by atoms with van der Waals surface area (Å²) in [5.74, 6) is -0.235. The lowest BCUT2D eigenvalue weighted by molar-refractivity contribution is -0.113. The number of nitrogens with one attached hydrogen (secondary N) is 2. The van der Waals surface area contributed by atoms with Gasteiger partial charge in [0, 0.05) is 11.8 Å². The summed E-state index contributed by atoms with van der Waals surface area (Å²) in [5.41, 5.74) is 1.55. The molecule has 0 spiro atoms. The first-order valence-corrected chi connectivity index (χ1v) is 9.72. The number of fused-ring (bicyclic) bond motifs is 1. The predicted molar refractivity (Wildman–Crippen MR) is 110 cm³/mol. The highest BCUT2D eigenvalue weighted by Crippen LogP contribution is 2.22. The Kier molecular flexibility index (Phi) is 5.13. The number of carbonyl (C=O) groups excluding carboxylic acids is 1. The quantitative estimate of drug-likeness (QED) is 0.390. The highest BCUT2D eigenvalue weighted by atomic mass is 32.2. The summed E-state index contributed by atoms with van der Waals surface area (Å²) in [7, 11) is 0. The van der Waals surface area contributed by atoms with Crippen molar-refractivity contribution in [2.24, 2.45) is 0 Å². The van der Waals surface area contributed by atoms with E-state index in [1.807, 2.05) is 6.92 Å². The fraction of sp³-hybridized carbons (Fsp3) is 0.100. The second-order valence-electron chi connectivity index (χ2n) is 6.30. The van der Waals surface area contributed by atoms with Gasteiger partial charge in [-0.2, -0.15) is 5.10 Å². The monoisotopic (exact) mass is 409 g/mol. The minimum Gasteiger partial charge on any atom is -0.308 e. The van der Waals surface area contributed by atoms with E-state index >= 15 is 0 Å². The van der Waals surface area contributed by atoms with Gasteiger partial charge in [-0.05, 0) is 43.3 Å². The molecule has 0 bridgehead atoms. The largest absolute Gasteiger partial charge is 0.308 e. The highest BCUT2D eigenvalue weighted by molar-refractivity contribution is 7.99. The Labute approximate surface area is 169 Å². The zero-order valence-corrected chi connectivity index (χ0v) is 16.2. The molecule has 0 radical (unpaired) electrons. The second kappa shape index (κ2) is 7.88. The minimum absolute atomic E-state index is 0.0257. The van der Waals surface area contributed by atoms with Gasteiger partial charge in [-0.25, -0.2) is 9.37 Å². The second-order valence-corrected chi connectivity index (χ2v) is 7.24. The summed E-state index contributed by atoms with van der Waals surface area (Å²) in [6, 6.07) is 14.2. The van der Waals surface area contributed by atoms with Crippen LogP contribution >= 0.6 is 11.8 Å². The van der Waals surface area contributed by atoms with E-state index in [4.69, 9.17) is 0 Å². The Bertz CT molecular complexity index is 1250. The van der Waals surface area contributed by atoms with Crippen LogP contribution in [-0.4, -0.2) is 31.4 Å². The van der Waals surface area contributed by atoms with Crippen molar-refractivity contribution in [2.45, 2.75) is 12.1 Å². The number of rotatable bonds is 5. The van der Waals surface area contributed by atoms with Crippen molar-refractivity contribution in [2.75, 3.05) is 11.1 Å². The van der Waals surface area contributed by atoms with Crippen LogP contribution in [-0.2, 0) is 4.79 Å². The third-order valence-electron chi connectivity index (χ3n) is 4.14. The predicted octanol–water partition coefficient (Wildman–Crippen LogP) is 3.29. The summed E-state index contributed by atoms with van der Waals surface area (Å²) in [6.07, 6.45) is 0. The Balaban J connectivity index is 1.68. The van der Waals surface area contributed by atoms with E-state index in [2.05, 4.69) is 20.5 Å². The first-order valence-electron chi connectivity index (χ1n) is 8.73. The van der Waals surface area contributed by atoms with Crippen molar-refractivity contribution in [3.8, 4) is 5.69 Å². The van der Waals surface area contributed by atoms with Crippen molar-refractivity contribution in [1.29, 1.82) is 0 Å². The van der Waals surface area contributed by atoms with Gasteiger partial charge in [0.15, 0.2) is 11.0 Å². The average molecular weight is 409 g/mol. The Morgan fingerprint density at radius 2 is 1.97 bits per heavy atom. The van der Waals surface area contributed by atoms with Gasteiger partial charge < -0.3 is 5.32 Å². The molecule has 2 heterocycles. The molecule has 29 heavy (non-hydrogen) atoms. The number of amides is 1. The van der Waals surface area contributed by atoms with Gasteiger partial charge in [0.05, 0.1) is 22.3 Å². The molecule has 146 valence electrons. The van der Waals surface area contributed by atoms with E-state index in [1.165, 1.54) is 28.8 Å². The highest BCUT2D eigenvalue weighted by Gasteiger charge is 2.15. The first kappa shape index (κ1) is 18.9. The number of para-hydroxylation sites is 1. The fourth-order valence-electron chi connectivity index (χ4n) is 2.82. The molecule has 0 unspecified atom stereocenters. The van der Waals surface area contributed by atoms with Gasteiger partial charge in [-0.15, -0.1) is 0 Å². The molecule has 2 aromatic heterocycles. The van der Waals surface area contributed by atoms with Crippen molar-refractivity contribution >= 4 is 34.4 Å². The zero-order chi connectivity index (χ0) is 20.4. The van der Waals surface area contributed by atoms with Gasteiger partial charge in [0.2, 0.25) is 5.91 Å². The maximum Gasteiger partial charge on any atom is 0.266 e. The molecule has 7 nitrogen and oxygen atoms in total. The number of aromatic amines is 1. The first-order chi connectivity index (χ1) is 14.0. The number of hydrogen-bond donors (Lipinski definition) is 2. The van der Waals surface area contributed by atoms with Crippen LogP contribution in [0.15, 0.2) is 64.5 Å². The summed E-state index contributed by atoms with van der Waals surface area (Å²) in [6.45, 7) is 1.83. The normalized spacial score (nSPS) is 11.0. The molecule has 0 aliphatic carbocycles. The van der Waals surface area contributed by atoms with Gasteiger partial charge in [-0.3, -0.25) is 19.3 Å². The Morgan fingerprint density at radius 1 is 1.21 bits per heavy atom. The summed E-state index contributed by atoms with van der Waals surface area (Å²) in [5, 5.41) is 10.2. The van der Waals surface area contributed by atoms with Gasteiger partial charge in [0.25, 0.3) is 5.56 Å². The molecule has 0 atom stereocenters. The summed E-state index contributed by atoms with van der Waals surface area (Å²) < 4.78 is 14.7. The molecule has 0 fully saturated rings. The van der Waals surface area contributed by atoms with Crippen LogP contribution in [0, 0.1) is 12.7 Å². The molecule has 0 aliphatic heterocycles. The van der Waals surface area contributed by atoms with Crippen molar-refractivity contribution in [3.05, 3.63) is 76.5 Å². The number of carbonyl (C=O) groups is 1. The molecule has 0 saturated carbocycles. The SMILES string of the molecule is Cc1cc(NC(=O)CSc2nc3ccccc3c(=O)n2-c2ccc(F)cc2)n[nH]1. The molecule has 0 aliphatic rings. The van der Waals surface area contributed by atoms with E-state index in [9.17, 15) is 14.0 Å². The van der Waals surface area contributed by atoms with E-state index in [0.717, 1.165) is 17.5 Å². The summed E-state index contributed by atoms with van der Waals surface area (Å²) >= 11 is 1.12. The topological polar surface area (TPSA) is 92.7 Å². The molecule has 0 saturated heterocycles. The lowest BCUT2D eigenvalue weighted by Crippen LogP contribution is -2.23.